The normalized spacial score (nSPS) is 17.9. The predicted molar refractivity (Wildman–Crippen MR) is 173 cm³/mol. The average molecular weight is 574 g/mol. The number of thioether (sulfide) groups is 1. The number of hydrogen-bond donors (Lipinski definition) is 0. The average Bonchev–Trinajstić information content (AvgIpc) is 2.99. The quantitative estimate of drug-likeness (QED) is 0.235. The van der Waals surface area contributed by atoms with Crippen LogP contribution in [0.1, 0.15) is 39.5 Å². The van der Waals surface area contributed by atoms with Crippen molar-refractivity contribution in [1.82, 2.24) is 4.90 Å². The number of piperazine rings is 1. The Kier molecular flexibility index (Phi) is 7.90. The van der Waals surface area contributed by atoms with E-state index < -0.39 is 0 Å². The van der Waals surface area contributed by atoms with Crippen molar-refractivity contribution in [2.45, 2.75) is 38.3 Å². The first-order valence-corrected chi connectivity index (χ1v) is 15.3. The molecule has 212 valence electrons. The Hall–Kier alpha value is -4.29. The zero-order valence-corrected chi connectivity index (χ0v) is 25.1. The van der Waals surface area contributed by atoms with Crippen molar-refractivity contribution in [3.8, 4) is 0 Å². The Bertz CT molecular complexity index is 1660. The Morgan fingerprint density at radius 2 is 1.62 bits per heavy atom. The zero-order chi connectivity index (χ0) is 29.2. The predicted octanol–water partition coefficient (Wildman–Crippen LogP) is 7.33. The lowest BCUT2D eigenvalue weighted by atomic mass is 10.1. The van der Waals surface area contributed by atoms with Crippen LogP contribution in [-0.2, 0) is 11.3 Å². The molecule has 2 aliphatic heterocycles. The molecule has 4 aromatic rings. The number of rotatable bonds is 5. The van der Waals surface area contributed by atoms with Crippen LogP contribution in [0.25, 0.3) is 6.08 Å². The molecule has 5 nitrogen and oxygen atoms in total. The van der Waals surface area contributed by atoms with Crippen LogP contribution in [0.15, 0.2) is 107 Å². The molecule has 0 bridgehead atoms. The van der Waals surface area contributed by atoms with Crippen LogP contribution in [0, 0.1) is 13.8 Å². The van der Waals surface area contributed by atoms with Crippen LogP contribution in [0.3, 0.4) is 0 Å². The molecule has 0 aromatic heterocycles. The first-order chi connectivity index (χ1) is 20.4. The standard InChI is InChI=1S/C36H35N3O2S/c1-25-8-6-10-29(20-25)24-39-32-12-4-5-13-33(32)42-34(36(39)41)22-28-14-16-30(17-15-28)35(40)37-18-19-38(27(3)23-37)31-11-7-9-26(2)21-31/h4-17,20-22,27H,18-19,23-24H2,1-3H3. The Labute approximate surface area is 252 Å². The highest BCUT2D eigenvalue weighted by atomic mass is 32.2. The van der Waals surface area contributed by atoms with E-state index in [4.69, 9.17) is 0 Å². The van der Waals surface area contributed by atoms with Gasteiger partial charge in [-0.15, -0.1) is 0 Å². The maximum Gasteiger partial charge on any atom is 0.265 e. The van der Waals surface area contributed by atoms with Crippen LogP contribution < -0.4 is 9.80 Å². The number of fused-ring (bicyclic) bond motifs is 1. The fourth-order valence-electron chi connectivity index (χ4n) is 5.80. The first kappa shape index (κ1) is 27.9. The summed E-state index contributed by atoms with van der Waals surface area (Å²) in [5.74, 6) is 0.0344. The van der Waals surface area contributed by atoms with Gasteiger partial charge in [0.05, 0.1) is 17.1 Å². The largest absolute Gasteiger partial charge is 0.365 e. The van der Waals surface area contributed by atoms with Gasteiger partial charge in [0.25, 0.3) is 11.8 Å². The highest BCUT2D eigenvalue weighted by Gasteiger charge is 2.30. The third-order valence-electron chi connectivity index (χ3n) is 7.96. The minimum absolute atomic E-state index is 0.0131. The van der Waals surface area contributed by atoms with E-state index in [-0.39, 0.29) is 17.9 Å². The van der Waals surface area contributed by atoms with Crippen molar-refractivity contribution in [3.63, 3.8) is 0 Å². The second-order valence-corrected chi connectivity index (χ2v) is 12.3. The number of para-hydroxylation sites is 1. The van der Waals surface area contributed by atoms with Gasteiger partial charge in [-0.05, 0) is 79.9 Å². The van der Waals surface area contributed by atoms with Gasteiger partial charge in [0, 0.05) is 41.8 Å². The molecule has 0 N–H and O–H groups in total. The first-order valence-electron chi connectivity index (χ1n) is 14.4. The molecule has 0 spiro atoms. The van der Waals surface area contributed by atoms with Gasteiger partial charge < -0.3 is 14.7 Å². The van der Waals surface area contributed by atoms with Crippen molar-refractivity contribution in [2.24, 2.45) is 0 Å². The zero-order valence-electron chi connectivity index (χ0n) is 24.3. The van der Waals surface area contributed by atoms with E-state index in [0.29, 0.717) is 30.1 Å². The van der Waals surface area contributed by atoms with Gasteiger partial charge in [0.2, 0.25) is 0 Å². The van der Waals surface area contributed by atoms with Gasteiger partial charge in [-0.1, -0.05) is 78.0 Å². The minimum Gasteiger partial charge on any atom is -0.365 e. The lowest BCUT2D eigenvalue weighted by Crippen LogP contribution is -2.53. The number of benzene rings is 4. The molecule has 42 heavy (non-hydrogen) atoms. The molecular weight excluding hydrogens is 538 g/mol. The van der Waals surface area contributed by atoms with E-state index >= 15 is 0 Å². The molecule has 2 heterocycles. The molecule has 0 radical (unpaired) electrons. The van der Waals surface area contributed by atoms with Crippen LogP contribution in [0.2, 0.25) is 0 Å². The molecular formula is C36H35N3O2S. The number of amides is 2. The van der Waals surface area contributed by atoms with Crippen molar-refractivity contribution in [1.29, 1.82) is 0 Å². The summed E-state index contributed by atoms with van der Waals surface area (Å²) in [5.41, 5.74) is 7.22. The Balaban J connectivity index is 1.17. The van der Waals surface area contributed by atoms with E-state index in [9.17, 15) is 9.59 Å². The summed E-state index contributed by atoms with van der Waals surface area (Å²) in [6.45, 7) is 9.03. The fraction of sp³-hybridized carbons (Fsp3) is 0.222. The number of carbonyl (C=O) groups is 2. The molecule has 1 atom stereocenters. The number of carbonyl (C=O) groups excluding carboxylic acids is 2. The number of anilines is 2. The minimum atomic E-state index is -0.0131. The molecule has 2 aliphatic rings. The van der Waals surface area contributed by atoms with Crippen molar-refractivity contribution < 1.29 is 9.59 Å². The lowest BCUT2D eigenvalue weighted by molar-refractivity contribution is -0.114. The van der Waals surface area contributed by atoms with E-state index in [1.165, 1.54) is 28.6 Å². The highest BCUT2D eigenvalue weighted by Crippen LogP contribution is 2.42. The monoisotopic (exact) mass is 573 g/mol. The van der Waals surface area contributed by atoms with Gasteiger partial charge in [0.15, 0.2) is 0 Å². The smallest absolute Gasteiger partial charge is 0.265 e. The van der Waals surface area contributed by atoms with Gasteiger partial charge >= 0.3 is 0 Å². The van der Waals surface area contributed by atoms with Crippen molar-refractivity contribution >= 4 is 41.0 Å². The maximum atomic E-state index is 13.7. The summed E-state index contributed by atoms with van der Waals surface area (Å²) < 4.78 is 0. The van der Waals surface area contributed by atoms with Gasteiger partial charge in [-0.2, -0.15) is 0 Å². The molecule has 1 fully saturated rings. The molecule has 1 unspecified atom stereocenters. The maximum absolute atomic E-state index is 13.7. The van der Waals surface area contributed by atoms with Crippen molar-refractivity contribution in [2.75, 3.05) is 29.4 Å². The van der Waals surface area contributed by atoms with E-state index in [1.807, 2.05) is 64.4 Å². The number of hydrogen-bond acceptors (Lipinski definition) is 4. The second kappa shape index (κ2) is 11.9. The molecule has 2 amide bonds. The summed E-state index contributed by atoms with van der Waals surface area (Å²) in [6.07, 6.45) is 1.93. The molecule has 0 saturated carbocycles. The Morgan fingerprint density at radius 3 is 2.36 bits per heavy atom. The summed E-state index contributed by atoms with van der Waals surface area (Å²) in [5, 5.41) is 0. The number of aryl methyl sites for hydroxylation is 2. The van der Waals surface area contributed by atoms with Gasteiger partial charge in [-0.3, -0.25) is 9.59 Å². The van der Waals surface area contributed by atoms with Crippen LogP contribution in [-0.4, -0.2) is 42.4 Å². The summed E-state index contributed by atoms with van der Waals surface area (Å²) in [4.78, 5) is 35.0. The second-order valence-electron chi connectivity index (χ2n) is 11.2. The third-order valence-corrected chi connectivity index (χ3v) is 9.04. The summed E-state index contributed by atoms with van der Waals surface area (Å²) in [6, 6.07) is 32.7. The van der Waals surface area contributed by atoms with Crippen LogP contribution in [0.4, 0.5) is 11.4 Å². The molecule has 1 saturated heterocycles. The van der Waals surface area contributed by atoms with Crippen LogP contribution >= 0.6 is 11.8 Å². The third kappa shape index (κ3) is 5.86. The van der Waals surface area contributed by atoms with E-state index in [0.717, 1.165) is 28.3 Å². The fourth-order valence-corrected chi connectivity index (χ4v) is 6.86. The lowest BCUT2D eigenvalue weighted by Gasteiger charge is -2.41. The van der Waals surface area contributed by atoms with E-state index in [2.05, 4.69) is 74.2 Å². The van der Waals surface area contributed by atoms with Crippen LogP contribution in [0.5, 0.6) is 0 Å². The Morgan fingerprint density at radius 1 is 0.881 bits per heavy atom. The SMILES string of the molecule is Cc1cccc(CN2C(=O)C(=Cc3ccc(C(=O)N4CCN(c5cccc(C)c5)C(C)C4)cc3)Sc3ccccc32)c1. The van der Waals surface area contributed by atoms with E-state index in [1.54, 1.807) is 0 Å². The van der Waals surface area contributed by atoms with Gasteiger partial charge in [-0.25, -0.2) is 0 Å². The number of nitrogens with zero attached hydrogens (tertiary/aromatic N) is 3. The van der Waals surface area contributed by atoms with Crippen molar-refractivity contribution in [3.05, 3.63) is 130 Å². The molecule has 6 rings (SSSR count). The molecule has 4 aromatic carbocycles. The highest BCUT2D eigenvalue weighted by molar-refractivity contribution is 8.04. The summed E-state index contributed by atoms with van der Waals surface area (Å²) in [7, 11) is 0. The summed E-state index contributed by atoms with van der Waals surface area (Å²) >= 11 is 1.50. The van der Waals surface area contributed by atoms with Gasteiger partial charge in [0.1, 0.15) is 0 Å². The molecule has 6 heteroatoms. The molecule has 0 aliphatic carbocycles. The topological polar surface area (TPSA) is 43.9 Å².